The first-order valence-electron chi connectivity index (χ1n) is 9.07. The van der Waals surface area contributed by atoms with E-state index in [2.05, 4.69) is 51.1 Å². The Morgan fingerprint density at radius 3 is 2.08 bits per heavy atom. The summed E-state index contributed by atoms with van der Waals surface area (Å²) in [7, 11) is 0. The molecule has 2 rings (SSSR count). The molecule has 2 nitrogen and oxygen atoms in total. The van der Waals surface area contributed by atoms with Crippen LogP contribution in [-0.2, 0) is 6.42 Å². The third-order valence-electron chi connectivity index (χ3n) is 5.27. The van der Waals surface area contributed by atoms with Crippen molar-refractivity contribution in [1.29, 1.82) is 0 Å². The zero-order chi connectivity index (χ0) is 18.7. The molecule has 0 amide bonds. The predicted octanol–water partition coefficient (Wildman–Crippen LogP) is 4.73. The molecule has 0 bridgehead atoms. The van der Waals surface area contributed by atoms with Gasteiger partial charge in [0, 0.05) is 12.5 Å². The smallest absolute Gasteiger partial charge is 0.0668 e. The average molecular weight is 341 g/mol. The van der Waals surface area contributed by atoms with Gasteiger partial charge in [-0.15, -0.1) is 0 Å². The van der Waals surface area contributed by atoms with E-state index < -0.39 is 11.5 Å². The summed E-state index contributed by atoms with van der Waals surface area (Å²) in [5.41, 5.74) is 2.75. The van der Waals surface area contributed by atoms with Crippen molar-refractivity contribution in [1.82, 2.24) is 0 Å². The predicted molar refractivity (Wildman–Crippen MR) is 105 cm³/mol. The van der Waals surface area contributed by atoms with Crippen molar-refractivity contribution in [3.63, 3.8) is 0 Å². The van der Waals surface area contributed by atoms with Crippen molar-refractivity contribution >= 4 is 0 Å². The Kier molecular flexibility index (Phi) is 6.08. The molecule has 2 aromatic carbocycles. The Morgan fingerprint density at radius 2 is 1.52 bits per heavy atom. The summed E-state index contributed by atoms with van der Waals surface area (Å²) < 4.78 is 0. The number of hydrogen-bond acceptors (Lipinski definition) is 2. The summed E-state index contributed by atoms with van der Waals surface area (Å²) in [6.45, 7) is 10.4. The molecule has 136 valence electrons. The topological polar surface area (TPSA) is 40.5 Å². The van der Waals surface area contributed by atoms with Gasteiger partial charge in [-0.1, -0.05) is 87.9 Å². The van der Waals surface area contributed by atoms with E-state index >= 15 is 0 Å². The number of rotatable bonds is 7. The fourth-order valence-corrected chi connectivity index (χ4v) is 3.70. The van der Waals surface area contributed by atoms with Gasteiger partial charge in [-0.2, -0.15) is 0 Å². The van der Waals surface area contributed by atoms with Gasteiger partial charge in [-0.3, -0.25) is 0 Å². The maximum atomic E-state index is 11.4. The Bertz CT molecular complexity index is 674. The van der Waals surface area contributed by atoms with Gasteiger partial charge in [0.25, 0.3) is 0 Å². The fourth-order valence-electron chi connectivity index (χ4n) is 3.70. The monoisotopic (exact) mass is 340 g/mol. The third kappa shape index (κ3) is 4.71. The van der Waals surface area contributed by atoms with Crippen molar-refractivity contribution in [2.75, 3.05) is 6.61 Å². The van der Waals surface area contributed by atoms with Crippen molar-refractivity contribution in [2.45, 2.75) is 53.1 Å². The quantitative estimate of drug-likeness (QED) is 0.765. The highest BCUT2D eigenvalue weighted by Gasteiger charge is 2.42. The third-order valence-corrected chi connectivity index (χ3v) is 5.27. The summed E-state index contributed by atoms with van der Waals surface area (Å²) in [6.07, 6.45) is 0.218. The van der Waals surface area contributed by atoms with Gasteiger partial charge in [0.2, 0.25) is 0 Å². The molecule has 0 fully saturated rings. The van der Waals surface area contributed by atoms with E-state index in [0.29, 0.717) is 0 Å². The zero-order valence-corrected chi connectivity index (χ0v) is 16.2. The highest BCUT2D eigenvalue weighted by atomic mass is 16.3. The van der Waals surface area contributed by atoms with Crippen LogP contribution in [0.25, 0.3) is 0 Å². The van der Waals surface area contributed by atoms with Gasteiger partial charge >= 0.3 is 0 Å². The molecule has 2 N–H and O–H groups in total. The van der Waals surface area contributed by atoms with Crippen LogP contribution in [0.5, 0.6) is 0 Å². The average Bonchev–Trinajstić information content (AvgIpc) is 2.55. The minimum absolute atomic E-state index is 0.0318. The van der Waals surface area contributed by atoms with Crippen LogP contribution in [0.2, 0.25) is 0 Å². The van der Waals surface area contributed by atoms with Gasteiger partial charge in [0.05, 0.1) is 6.10 Å². The maximum Gasteiger partial charge on any atom is 0.0668 e. The minimum atomic E-state index is -0.573. The first-order chi connectivity index (χ1) is 11.7. The number of aliphatic hydroxyl groups is 2. The molecule has 0 spiro atoms. The molecule has 0 saturated heterocycles. The largest absolute Gasteiger partial charge is 0.396 e. The lowest BCUT2D eigenvalue weighted by Gasteiger charge is -2.43. The molecular formula is C23H32O2. The van der Waals surface area contributed by atoms with Crippen LogP contribution in [0.15, 0.2) is 54.6 Å². The fraction of sp³-hybridized carbons (Fsp3) is 0.478. The van der Waals surface area contributed by atoms with E-state index in [0.717, 1.165) is 12.0 Å². The molecule has 0 heterocycles. The van der Waals surface area contributed by atoms with Crippen LogP contribution >= 0.6 is 0 Å². The van der Waals surface area contributed by atoms with Crippen LogP contribution < -0.4 is 0 Å². The summed E-state index contributed by atoms with van der Waals surface area (Å²) in [6, 6.07) is 18.6. The normalized spacial score (nSPS) is 15.0. The standard InChI is InChI=1S/C23H32O2/c1-17-10-9-13-19(14-17)20(23(4,5)16-24)21(25)22(2,3)15-18-11-7-6-8-12-18/h6-14,20-21,24-25H,15-16H2,1-5H3. The summed E-state index contributed by atoms with van der Waals surface area (Å²) in [4.78, 5) is 0. The Hall–Kier alpha value is -1.64. The lowest BCUT2D eigenvalue weighted by molar-refractivity contribution is -0.0244. The van der Waals surface area contributed by atoms with Gasteiger partial charge in [-0.25, -0.2) is 0 Å². The first-order valence-corrected chi connectivity index (χ1v) is 9.07. The van der Waals surface area contributed by atoms with Crippen molar-refractivity contribution in [2.24, 2.45) is 10.8 Å². The molecule has 2 atom stereocenters. The highest BCUT2D eigenvalue weighted by Crippen LogP contribution is 2.44. The summed E-state index contributed by atoms with van der Waals surface area (Å²) in [5, 5.41) is 21.4. The Morgan fingerprint density at radius 1 is 0.880 bits per heavy atom. The van der Waals surface area contributed by atoms with Crippen LogP contribution in [0.4, 0.5) is 0 Å². The number of aliphatic hydroxyl groups excluding tert-OH is 2. The summed E-state index contributed by atoms with van der Waals surface area (Å²) in [5.74, 6) is -0.142. The van der Waals surface area contributed by atoms with Crippen molar-refractivity contribution < 1.29 is 10.2 Å². The van der Waals surface area contributed by atoms with E-state index in [1.807, 2.05) is 38.1 Å². The van der Waals surface area contributed by atoms with E-state index in [1.54, 1.807) is 0 Å². The first kappa shape index (κ1) is 19.7. The van der Waals surface area contributed by atoms with E-state index in [4.69, 9.17) is 0 Å². The second kappa shape index (κ2) is 7.72. The molecule has 2 aromatic rings. The molecule has 0 aliphatic rings. The molecule has 0 aliphatic carbocycles. The van der Waals surface area contributed by atoms with Gasteiger partial charge in [-0.05, 0) is 35.3 Å². The Labute approximate surface area is 152 Å². The van der Waals surface area contributed by atoms with E-state index in [1.165, 1.54) is 11.1 Å². The molecule has 2 unspecified atom stereocenters. The summed E-state index contributed by atoms with van der Waals surface area (Å²) >= 11 is 0. The van der Waals surface area contributed by atoms with Crippen LogP contribution in [-0.4, -0.2) is 22.9 Å². The SMILES string of the molecule is Cc1cccc(C(C(O)C(C)(C)Cc2ccccc2)C(C)(C)CO)c1. The van der Waals surface area contributed by atoms with Gasteiger partial charge < -0.3 is 10.2 Å². The molecule has 0 aliphatic heterocycles. The molecule has 0 radical (unpaired) electrons. The van der Waals surface area contributed by atoms with Crippen molar-refractivity contribution in [3.05, 3.63) is 71.3 Å². The Balaban J connectivity index is 2.39. The van der Waals surface area contributed by atoms with Crippen LogP contribution in [0.1, 0.15) is 50.3 Å². The second-order valence-electron chi connectivity index (χ2n) is 8.63. The van der Waals surface area contributed by atoms with Gasteiger partial charge in [0.15, 0.2) is 0 Å². The van der Waals surface area contributed by atoms with Gasteiger partial charge in [0.1, 0.15) is 0 Å². The zero-order valence-electron chi connectivity index (χ0n) is 16.2. The lowest BCUT2D eigenvalue weighted by Crippen LogP contribution is -2.43. The number of aryl methyl sites for hydroxylation is 1. The van der Waals surface area contributed by atoms with E-state index in [-0.39, 0.29) is 17.9 Å². The lowest BCUT2D eigenvalue weighted by atomic mass is 9.64. The maximum absolute atomic E-state index is 11.4. The second-order valence-corrected chi connectivity index (χ2v) is 8.63. The number of benzene rings is 2. The van der Waals surface area contributed by atoms with Crippen LogP contribution in [0.3, 0.4) is 0 Å². The molecule has 2 heteroatoms. The molecule has 0 saturated carbocycles. The van der Waals surface area contributed by atoms with E-state index in [9.17, 15) is 10.2 Å². The highest BCUT2D eigenvalue weighted by molar-refractivity contribution is 5.29. The molecular weight excluding hydrogens is 308 g/mol. The molecule has 0 aromatic heterocycles. The number of hydrogen-bond donors (Lipinski definition) is 2. The minimum Gasteiger partial charge on any atom is -0.396 e. The van der Waals surface area contributed by atoms with Crippen LogP contribution in [0, 0.1) is 17.8 Å². The molecule has 25 heavy (non-hydrogen) atoms. The van der Waals surface area contributed by atoms with Crippen molar-refractivity contribution in [3.8, 4) is 0 Å².